The number of hydrogen-bond donors (Lipinski definition) is 3. The molecule has 47 heavy (non-hydrogen) atoms. The highest BCUT2D eigenvalue weighted by atomic mass is 79.9. The molecule has 0 saturated heterocycles. The van der Waals surface area contributed by atoms with Crippen molar-refractivity contribution in [3.63, 3.8) is 0 Å². The molecule has 0 bridgehead atoms. The monoisotopic (exact) mass is 703 g/mol. The van der Waals surface area contributed by atoms with Gasteiger partial charge in [0.05, 0.1) is 27.9 Å². The standard InChI is InChI=1S/C36H38BrN3O7/c1-43-29-10-6-9-26(21-29)33-36(22-27-8-4-5-11-30(27)37,35(42)40-38-23-24-12-17-31(44-2)32(20-24)45-3)39-34(47-33)25-13-15-28(16-14-25)46-19-7-18-41/h4-6,8-17,20-21,33,38,41H,7,18-19,22-23H2,1-3H3,(H,40,42)/t33-,36-/m0/s1. The van der Waals surface area contributed by atoms with E-state index in [0.29, 0.717) is 54.0 Å². The average molecular weight is 705 g/mol. The maximum Gasteiger partial charge on any atom is 0.266 e. The minimum absolute atomic E-state index is 0.0548. The van der Waals surface area contributed by atoms with Crippen LogP contribution in [-0.2, 0) is 22.5 Å². The number of hydrazine groups is 1. The lowest BCUT2D eigenvalue weighted by Crippen LogP contribution is -2.53. The first-order valence-electron chi connectivity index (χ1n) is 15.1. The number of ether oxygens (including phenoxy) is 5. The summed E-state index contributed by atoms with van der Waals surface area (Å²) in [7, 11) is 4.76. The predicted molar refractivity (Wildman–Crippen MR) is 182 cm³/mol. The summed E-state index contributed by atoms with van der Waals surface area (Å²) in [5.74, 6) is 2.43. The number of hydrogen-bond acceptors (Lipinski definition) is 9. The van der Waals surface area contributed by atoms with Crippen molar-refractivity contribution in [3.05, 3.63) is 118 Å². The fourth-order valence-corrected chi connectivity index (χ4v) is 5.77. The van der Waals surface area contributed by atoms with Gasteiger partial charge in [-0.2, -0.15) is 0 Å². The highest BCUT2D eigenvalue weighted by molar-refractivity contribution is 9.10. The highest BCUT2D eigenvalue weighted by Crippen LogP contribution is 2.44. The van der Waals surface area contributed by atoms with Crippen molar-refractivity contribution in [2.75, 3.05) is 34.5 Å². The number of rotatable bonds is 15. The Bertz CT molecular complexity index is 1700. The van der Waals surface area contributed by atoms with Crippen LogP contribution in [0, 0.1) is 0 Å². The zero-order valence-corrected chi connectivity index (χ0v) is 28.1. The second kappa shape index (κ2) is 15.8. The Kier molecular flexibility index (Phi) is 11.4. The minimum atomic E-state index is -1.42. The van der Waals surface area contributed by atoms with Gasteiger partial charge in [0.2, 0.25) is 5.90 Å². The van der Waals surface area contributed by atoms with Crippen LogP contribution < -0.4 is 29.8 Å². The summed E-state index contributed by atoms with van der Waals surface area (Å²) in [4.78, 5) is 19.6. The summed E-state index contributed by atoms with van der Waals surface area (Å²) in [6, 6.07) is 28.1. The molecule has 4 aromatic rings. The fourth-order valence-electron chi connectivity index (χ4n) is 5.34. The molecule has 5 rings (SSSR count). The average Bonchev–Trinajstić information content (AvgIpc) is 3.50. The summed E-state index contributed by atoms with van der Waals surface area (Å²) < 4.78 is 29.5. The molecule has 1 amide bonds. The van der Waals surface area contributed by atoms with Crippen molar-refractivity contribution in [3.8, 4) is 23.0 Å². The van der Waals surface area contributed by atoms with Gasteiger partial charge in [-0.15, -0.1) is 0 Å². The molecule has 11 heteroatoms. The lowest BCUT2D eigenvalue weighted by atomic mass is 9.82. The number of aliphatic imine (C=N–C) groups is 1. The Balaban J connectivity index is 1.52. The minimum Gasteiger partial charge on any atom is -0.497 e. The van der Waals surface area contributed by atoms with E-state index in [0.717, 1.165) is 21.2 Å². The molecule has 1 heterocycles. The van der Waals surface area contributed by atoms with Crippen LogP contribution >= 0.6 is 15.9 Å². The smallest absolute Gasteiger partial charge is 0.266 e. The van der Waals surface area contributed by atoms with Crippen molar-refractivity contribution in [2.24, 2.45) is 4.99 Å². The fraction of sp³-hybridized carbons (Fsp3) is 0.278. The van der Waals surface area contributed by atoms with Crippen LogP contribution in [0.15, 0.2) is 100 Å². The van der Waals surface area contributed by atoms with E-state index in [2.05, 4.69) is 26.8 Å². The summed E-state index contributed by atoms with van der Waals surface area (Å²) in [5.41, 5.74) is 7.76. The molecule has 0 fully saturated rings. The van der Waals surface area contributed by atoms with Crippen LogP contribution in [0.25, 0.3) is 0 Å². The van der Waals surface area contributed by atoms with Gasteiger partial charge in [-0.3, -0.25) is 10.2 Å². The molecule has 0 aliphatic carbocycles. The van der Waals surface area contributed by atoms with Gasteiger partial charge in [0.1, 0.15) is 11.5 Å². The maximum atomic E-state index is 14.5. The third-order valence-electron chi connectivity index (χ3n) is 7.79. The van der Waals surface area contributed by atoms with Crippen LogP contribution in [-0.4, -0.2) is 57.0 Å². The maximum absolute atomic E-state index is 14.5. The first kappa shape index (κ1) is 33.8. The SMILES string of the molecule is COc1cccc([C@@H]2OC(c3ccc(OCCCO)cc3)=N[C@]2(Cc2ccccc2Br)C(=O)NNCc2ccc(OC)c(OC)c2)c1. The second-order valence-corrected chi connectivity index (χ2v) is 11.7. The Hall–Kier alpha value is -4.58. The van der Waals surface area contributed by atoms with Gasteiger partial charge < -0.3 is 28.8 Å². The van der Waals surface area contributed by atoms with Crippen molar-refractivity contribution in [1.82, 2.24) is 10.9 Å². The molecule has 4 aromatic carbocycles. The molecular weight excluding hydrogens is 666 g/mol. The number of nitrogens with one attached hydrogen (secondary N) is 2. The zero-order valence-electron chi connectivity index (χ0n) is 26.5. The molecule has 0 unspecified atom stereocenters. The van der Waals surface area contributed by atoms with E-state index in [1.54, 1.807) is 21.3 Å². The lowest BCUT2D eigenvalue weighted by Gasteiger charge is -2.31. The second-order valence-electron chi connectivity index (χ2n) is 10.8. The molecule has 0 saturated carbocycles. The van der Waals surface area contributed by atoms with Crippen molar-refractivity contribution < 1.29 is 33.6 Å². The number of nitrogens with zero attached hydrogens (tertiary/aromatic N) is 1. The molecule has 1 aliphatic rings. The van der Waals surface area contributed by atoms with E-state index in [1.807, 2.05) is 91.0 Å². The van der Waals surface area contributed by atoms with Crippen LogP contribution in [0.2, 0.25) is 0 Å². The molecule has 0 spiro atoms. The van der Waals surface area contributed by atoms with E-state index in [1.165, 1.54) is 0 Å². The van der Waals surface area contributed by atoms with Gasteiger partial charge in [0.15, 0.2) is 23.1 Å². The quantitative estimate of drug-likeness (QED) is 0.109. The highest BCUT2D eigenvalue weighted by Gasteiger charge is 2.53. The Morgan fingerprint density at radius 1 is 0.915 bits per heavy atom. The molecular formula is C36H38BrN3O7. The summed E-state index contributed by atoms with van der Waals surface area (Å²) in [6.45, 7) is 0.770. The number of carbonyl (C=O) groups is 1. The van der Waals surface area contributed by atoms with Crippen LogP contribution in [0.5, 0.6) is 23.0 Å². The molecule has 1 aliphatic heterocycles. The number of methoxy groups -OCH3 is 3. The first-order valence-corrected chi connectivity index (χ1v) is 15.9. The number of aliphatic hydroxyl groups is 1. The summed E-state index contributed by atoms with van der Waals surface area (Å²) in [6.07, 6.45) is -0.0403. The number of benzene rings is 4. The Labute approximate surface area is 282 Å². The van der Waals surface area contributed by atoms with E-state index in [4.69, 9.17) is 33.8 Å². The van der Waals surface area contributed by atoms with Gasteiger partial charge >= 0.3 is 0 Å². The van der Waals surface area contributed by atoms with Gasteiger partial charge in [-0.1, -0.05) is 52.3 Å². The summed E-state index contributed by atoms with van der Waals surface area (Å²) >= 11 is 3.67. The number of aliphatic hydroxyl groups excluding tert-OH is 1. The van der Waals surface area contributed by atoms with Gasteiger partial charge in [0, 0.05) is 36.0 Å². The molecule has 0 radical (unpaired) electrons. The van der Waals surface area contributed by atoms with Crippen molar-refractivity contribution in [2.45, 2.75) is 31.0 Å². The Morgan fingerprint density at radius 2 is 1.70 bits per heavy atom. The van der Waals surface area contributed by atoms with Gasteiger partial charge in [-0.25, -0.2) is 10.4 Å². The first-order chi connectivity index (χ1) is 22.9. The molecule has 2 atom stereocenters. The normalized spacial score (nSPS) is 17.0. The number of carbonyl (C=O) groups excluding carboxylic acids is 1. The molecule has 246 valence electrons. The van der Waals surface area contributed by atoms with Crippen molar-refractivity contribution >= 4 is 27.7 Å². The molecule has 3 N–H and O–H groups in total. The van der Waals surface area contributed by atoms with E-state index < -0.39 is 11.6 Å². The number of halogens is 1. The third kappa shape index (κ3) is 7.87. The predicted octanol–water partition coefficient (Wildman–Crippen LogP) is 5.56. The Morgan fingerprint density at radius 3 is 2.43 bits per heavy atom. The third-order valence-corrected chi connectivity index (χ3v) is 8.56. The largest absolute Gasteiger partial charge is 0.497 e. The summed E-state index contributed by atoms with van der Waals surface area (Å²) in [5, 5.41) is 9.08. The molecule has 0 aromatic heterocycles. The topological polar surface area (TPSA) is 120 Å². The van der Waals surface area contributed by atoms with Gasteiger partial charge in [0.25, 0.3) is 5.91 Å². The zero-order chi connectivity index (χ0) is 33.2. The molecule has 10 nitrogen and oxygen atoms in total. The van der Waals surface area contributed by atoms with Crippen LogP contribution in [0.4, 0.5) is 0 Å². The van der Waals surface area contributed by atoms with Crippen LogP contribution in [0.1, 0.15) is 34.8 Å². The van der Waals surface area contributed by atoms with E-state index in [-0.39, 0.29) is 18.9 Å². The van der Waals surface area contributed by atoms with Gasteiger partial charge in [-0.05, 0) is 71.3 Å². The van der Waals surface area contributed by atoms with E-state index >= 15 is 0 Å². The number of amides is 1. The lowest BCUT2D eigenvalue weighted by molar-refractivity contribution is -0.130. The van der Waals surface area contributed by atoms with Crippen molar-refractivity contribution in [1.29, 1.82) is 0 Å². The van der Waals surface area contributed by atoms with Crippen LogP contribution in [0.3, 0.4) is 0 Å². The van der Waals surface area contributed by atoms with E-state index in [9.17, 15) is 4.79 Å².